The monoisotopic (exact) mass is 244 g/mol. The molecule has 1 aromatic rings. The van der Waals surface area contributed by atoms with Crippen molar-refractivity contribution in [2.45, 2.75) is 31.8 Å². The van der Waals surface area contributed by atoms with Gasteiger partial charge in [-0.1, -0.05) is 0 Å². The molecule has 18 heavy (non-hydrogen) atoms. The van der Waals surface area contributed by atoms with E-state index >= 15 is 0 Å². The summed E-state index contributed by atoms with van der Waals surface area (Å²) in [6.07, 6.45) is 5.23. The van der Waals surface area contributed by atoms with Crippen molar-refractivity contribution in [2.24, 2.45) is 0 Å². The van der Waals surface area contributed by atoms with Gasteiger partial charge in [-0.3, -0.25) is 0 Å². The Balaban J connectivity index is 1.76. The Morgan fingerprint density at radius 1 is 1.39 bits per heavy atom. The smallest absolute Gasteiger partial charge is 0.0991 e. The van der Waals surface area contributed by atoms with E-state index in [9.17, 15) is 0 Å². The molecule has 0 N–H and O–H groups in total. The van der Waals surface area contributed by atoms with E-state index in [0.29, 0.717) is 11.7 Å². The van der Waals surface area contributed by atoms with Crippen LogP contribution in [-0.4, -0.2) is 26.3 Å². The van der Waals surface area contributed by atoms with Gasteiger partial charge in [-0.2, -0.15) is 5.26 Å². The van der Waals surface area contributed by atoms with Gasteiger partial charge in [0.15, 0.2) is 0 Å². The Labute approximate surface area is 109 Å². The van der Waals surface area contributed by atoms with E-state index in [1.54, 1.807) is 0 Å². The van der Waals surface area contributed by atoms with Crippen LogP contribution in [0.1, 0.15) is 31.2 Å². The number of ether oxygens (including phenoxy) is 1. The van der Waals surface area contributed by atoms with Crippen molar-refractivity contribution in [2.75, 3.05) is 25.1 Å². The van der Waals surface area contributed by atoms with Crippen LogP contribution in [-0.2, 0) is 4.74 Å². The molecule has 96 valence electrons. The lowest BCUT2D eigenvalue weighted by molar-refractivity contribution is 0.103. The van der Waals surface area contributed by atoms with Crippen molar-refractivity contribution in [3.8, 4) is 6.07 Å². The molecule has 0 bridgehead atoms. The molecule has 2 rings (SSSR count). The Morgan fingerprint density at radius 3 is 2.78 bits per heavy atom. The lowest BCUT2D eigenvalue weighted by atomic mass is 10.1. The molecular weight excluding hydrogens is 224 g/mol. The minimum absolute atomic E-state index is 0.486. The van der Waals surface area contributed by atoms with Crippen molar-refractivity contribution < 1.29 is 4.74 Å². The molecular formula is C15H20N2O. The Kier molecular flexibility index (Phi) is 4.60. The maximum Gasteiger partial charge on any atom is 0.0991 e. The first-order chi connectivity index (χ1) is 8.79. The molecule has 0 aromatic heterocycles. The van der Waals surface area contributed by atoms with Crippen molar-refractivity contribution in [1.82, 2.24) is 0 Å². The molecule has 1 fully saturated rings. The summed E-state index contributed by atoms with van der Waals surface area (Å²) in [6, 6.07) is 9.88. The summed E-state index contributed by atoms with van der Waals surface area (Å²) < 4.78 is 5.62. The summed E-state index contributed by atoms with van der Waals surface area (Å²) in [6.45, 7) is 1.97. The third kappa shape index (κ3) is 3.48. The number of benzene rings is 1. The van der Waals surface area contributed by atoms with E-state index in [1.165, 1.54) is 18.5 Å². The van der Waals surface area contributed by atoms with Crippen molar-refractivity contribution >= 4 is 5.69 Å². The predicted octanol–water partition coefficient (Wildman–Crippen LogP) is 2.95. The molecule has 0 saturated carbocycles. The molecule has 1 atom stereocenters. The molecule has 3 heteroatoms. The maximum atomic E-state index is 8.75. The fourth-order valence-electron chi connectivity index (χ4n) is 2.35. The number of nitriles is 1. The van der Waals surface area contributed by atoms with Gasteiger partial charge in [0, 0.05) is 25.9 Å². The molecule has 1 heterocycles. The highest BCUT2D eigenvalue weighted by Gasteiger charge is 2.14. The van der Waals surface area contributed by atoms with Crippen LogP contribution in [0.25, 0.3) is 0 Å². The Bertz CT molecular complexity index is 401. The molecule has 0 aliphatic carbocycles. The predicted molar refractivity (Wildman–Crippen MR) is 72.6 cm³/mol. The summed E-state index contributed by atoms with van der Waals surface area (Å²) in [5, 5.41) is 8.75. The second-order valence-corrected chi connectivity index (χ2v) is 4.86. The van der Waals surface area contributed by atoms with E-state index in [2.05, 4.69) is 18.0 Å². The second-order valence-electron chi connectivity index (χ2n) is 4.86. The summed E-state index contributed by atoms with van der Waals surface area (Å²) >= 11 is 0. The number of anilines is 1. The summed E-state index contributed by atoms with van der Waals surface area (Å²) in [7, 11) is 2.09. The average Bonchev–Trinajstić information content (AvgIpc) is 2.92. The normalized spacial score (nSPS) is 18.6. The van der Waals surface area contributed by atoms with E-state index in [-0.39, 0.29) is 0 Å². The highest BCUT2D eigenvalue weighted by atomic mass is 16.5. The van der Waals surface area contributed by atoms with Crippen LogP contribution in [0.2, 0.25) is 0 Å². The first-order valence-electron chi connectivity index (χ1n) is 6.62. The summed E-state index contributed by atoms with van der Waals surface area (Å²) in [4.78, 5) is 2.23. The molecule has 0 radical (unpaired) electrons. The number of hydrogen-bond donors (Lipinski definition) is 0. The molecule has 1 saturated heterocycles. The average molecular weight is 244 g/mol. The topological polar surface area (TPSA) is 36.3 Å². The fourth-order valence-corrected chi connectivity index (χ4v) is 2.35. The third-order valence-electron chi connectivity index (χ3n) is 3.48. The molecule has 0 amide bonds. The van der Waals surface area contributed by atoms with Gasteiger partial charge in [-0.25, -0.2) is 0 Å². The van der Waals surface area contributed by atoms with Crippen molar-refractivity contribution in [1.29, 1.82) is 5.26 Å². The lowest BCUT2D eigenvalue weighted by Gasteiger charge is -2.20. The fraction of sp³-hybridized carbons (Fsp3) is 0.533. The third-order valence-corrected chi connectivity index (χ3v) is 3.48. The molecule has 1 aromatic carbocycles. The van der Waals surface area contributed by atoms with Crippen molar-refractivity contribution in [3.63, 3.8) is 0 Å². The van der Waals surface area contributed by atoms with Gasteiger partial charge in [0.2, 0.25) is 0 Å². The van der Waals surface area contributed by atoms with Crippen LogP contribution in [0.15, 0.2) is 24.3 Å². The first-order valence-corrected chi connectivity index (χ1v) is 6.62. The van der Waals surface area contributed by atoms with Gasteiger partial charge in [0.25, 0.3) is 0 Å². The number of hydrogen-bond acceptors (Lipinski definition) is 3. The molecule has 0 spiro atoms. The zero-order chi connectivity index (χ0) is 12.8. The van der Waals surface area contributed by atoms with Crippen LogP contribution in [0.5, 0.6) is 0 Å². The van der Waals surface area contributed by atoms with Gasteiger partial charge in [-0.15, -0.1) is 0 Å². The van der Waals surface area contributed by atoms with E-state index in [0.717, 1.165) is 26.0 Å². The van der Waals surface area contributed by atoms with Crippen LogP contribution < -0.4 is 4.90 Å². The number of rotatable bonds is 5. The Hall–Kier alpha value is -1.53. The SMILES string of the molecule is CN(CCCC1CCCO1)c1ccc(C#N)cc1. The minimum atomic E-state index is 0.486. The van der Waals surface area contributed by atoms with Crippen LogP contribution >= 0.6 is 0 Å². The van der Waals surface area contributed by atoms with Crippen molar-refractivity contribution in [3.05, 3.63) is 29.8 Å². The highest BCUT2D eigenvalue weighted by molar-refractivity contribution is 5.48. The highest BCUT2D eigenvalue weighted by Crippen LogP contribution is 2.18. The van der Waals surface area contributed by atoms with Gasteiger partial charge in [0.1, 0.15) is 0 Å². The quantitative estimate of drug-likeness (QED) is 0.799. The summed E-state index contributed by atoms with van der Waals surface area (Å²) in [5.74, 6) is 0. The van der Waals surface area contributed by atoms with Crippen LogP contribution in [0.4, 0.5) is 5.69 Å². The van der Waals surface area contributed by atoms with Crippen LogP contribution in [0, 0.1) is 11.3 Å². The van der Waals surface area contributed by atoms with E-state index in [1.807, 2.05) is 24.3 Å². The first kappa shape index (κ1) is 12.9. The zero-order valence-electron chi connectivity index (χ0n) is 10.9. The number of nitrogens with zero attached hydrogens (tertiary/aromatic N) is 2. The second kappa shape index (κ2) is 6.42. The largest absolute Gasteiger partial charge is 0.378 e. The molecule has 1 aliphatic heterocycles. The van der Waals surface area contributed by atoms with Gasteiger partial charge in [-0.05, 0) is 49.9 Å². The maximum absolute atomic E-state index is 8.75. The van der Waals surface area contributed by atoms with Gasteiger partial charge in [0.05, 0.1) is 17.7 Å². The molecule has 3 nitrogen and oxygen atoms in total. The lowest BCUT2D eigenvalue weighted by Crippen LogP contribution is -2.19. The molecule has 1 unspecified atom stereocenters. The molecule has 1 aliphatic rings. The summed E-state index contributed by atoms with van der Waals surface area (Å²) in [5.41, 5.74) is 1.88. The Morgan fingerprint density at radius 2 is 2.17 bits per heavy atom. The van der Waals surface area contributed by atoms with Gasteiger partial charge >= 0.3 is 0 Å². The van der Waals surface area contributed by atoms with Gasteiger partial charge < -0.3 is 9.64 Å². The zero-order valence-corrected chi connectivity index (χ0v) is 10.9. The van der Waals surface area contributed by atoms with E-state index < -0.39 is 0 Å². The van der Waals surface area contributed by atoms with Crippen LogP contribution in [0.3, 0.4) is 0 Å². The standard InChI is InChI=1S/C15H20N2O/c1-17(10-2-4-15-5-3-11-18-15)14-8-6-13(12-16)7-9-14/h6-9,15H,2-5,10-11H2,1H3. The minimum Gasteiger partial charge on any atom is -0.378 e. The van der Waals surface area contributed by atoms with E-state index in [4.69, 9.17) is 10.00 Å².